The Hall–Kier alpha value is -3.76. The number of rotatable bonds is 13. The molecular weight excluding hydrogens is 546 g/mol. The summed E-state index contributed by atoms with van der Waals surface area (Å²) < 4.78 is 19.3. The lowest BCUT2D eigenvalue weighted by Crippen LogP contribution is -2.41. The van der Waals surface area contributed by atoms with E-state index in [0.717, 1.165) is 40.9 Å². The Kier molecular flexibility index (Phi) is 9.68. The minimum absolute atomic E-state index is 0.128. The molecule has 0 amide bonds. The topological polar surface area (TPSA) is 91.6 Å². The summed E-state index contributed by atoms with van der Waals surface area (Å²) in [5, 5.41) is 4.50. The van der Waals surface area contributed by atoms with Crippen molar-refractivity contribution in [1.29, 1.82) is 0 Å². The maximum atomic E-state index is 11.9. The van der Waals surface area contributed by atoms with Gasteiger partial charge in [0.05, 0.1) is 49.9 Å². The zero-order chi connectivity index (χ0) is 30.5. The second-order valence-electron chi connectivity index (χ2n) is 11.9. The van der Waals surface area contributed by atoms with Crippen molar-refractivity contribution in [3.63, 3.8) is 0 Å². The predicted molar refractivity (Wildman–Crippen MR) is 170 cm³/mol. The third-order valence-corrected chi connectivity index (χ3v) is 12.5. The Morgan fingerprint density at radius 3 is 2.33 bits per heavy atom. The van der Waals surface area contributed by atoms with E-state index in [0.29, 0.717) is 30.2 Å². The number of fused-ring (bicyclic) bond motifs is 1. The van der Waals surface area contributed by atoms with Crippen LogP contribution >= 0.6 is 0 Å². The molecule has 0 aliphatic rings. The standard InChI is InChI=1S/C32H43N5O4Si/c1-9-26(38)22-36-21-23(19-34-36)31-20-33-29-12-11-24(17-30(29)35-31)37(13-10-14-41-42(7,8)32(2,3)4)25-15-27(39-5)18-28(16-25)40-6/h11-12,15-21H,9-10,13-14,22H2,1-8H3. The zero-order valence-electron chi connectivity index (χ0n) is 26.1. The van der Waals surface area contributed by atoms with Crippen LogP contribution in [0.2, 0.25) is 18.1 Å². The summed E-state index contributed by atoms with van der Waals surface area (Å²) >= 11 is 0. The van der Waals surface area contributed by atoms with Crippen molar-refractivity contribution < 1.29 is 18.7 Å². The van der Waals surface area contributed by atoms with Crippen molar-refractivity contribution >= 4 is 36.5 Å². The molecule has 0 spiro atoms. The number of hydrogen-bond donors (Lipinski definition) is 0. The van der Waals surface area contributed by atoms with Gasteiger partial charge in [-0.3, -0.25) is 14.5 Å². The molecule has 0 radical (unpaired) electrons. The van der Waals surface area contributed by atoms with Gasteiger partial charge in [0, 0.05) is 60.9 Å². The summed E-state index contributed by atoms with van der Waals surface area (Å²) in [6.45, 7) is 14.8. The van der Waals surface area contributed by atoms with E-state index in [1.165, 1.54) is 0 Å². The van der Waals surface area contributed by atoms with Crippen LogP contribution in [0.1, 0.15) is 40.5 Å². The molecule has 0 unspecified atom stereocenters. The summed E-state index contributed by atoms with van der Waals surface area (Å²) in [7, 11) is 1.46. The van der Waals surface area contributed by atoms with Gasteiger partial charge in [0.2, 0.25) is 0 Å². The van der Waals surface area contributed by atoms with Crippen molar-refractivity contribution in [3.05, 3.63) is 55.0 Å². The van der Waals surface area contributed by atoms with Crippen LogP contribution in [0.15, 0.2) is 55.0 Å². The molecule has 4 aromatic rings. The number of ketones is 1. The van der Waals surface area contributed by atoms with E-state index in [4.69, 9.17) is 18.9 Å². The molecule has 224 valence electrons. The van der Waals surface area contributed by atoms with Crippen molar-refractivity contribution in [3.8, 4) is 22.8 Å². The van der Waals surface area contributed by atoms with Crippen LogP contribution < -0.4 is 14.4 Å². The van der Waals surface area contributed by atoms with Crippen molar-refractivity contribution in [2.24, 2.45) is 0 Å². The fourth-order valence-electron chi connectivity index (χ4n) is 4.30. The summed E-state index contributed by atoms with van der Waals surface area (Å²) in [6.07, 6.45) is 6.62. The molecule has 2 aromatic heterocycles. The number of nitrogens with zero attached hydrogens (tertiary/aromatic N) is 5. The molecule has 9 nitrogen and oxygen atoms in total. The van der Waals surface area contributed by atoms with Gasteiger partial charge in [-0.25, -0.2) is 4.98 Å². The summed E-state index contributed by atoms with van der Waals surface area (Å²) in [5.41, 5.74) is 4.99. The maximum absolute atomic E-state index is 11.9. The van der Waals surface area contributed by atoms with Crippen LogP contribution in [0, 0.1) is 0 Å². The molecule has 0 saturated carbocycles. The Morgan fingerprint density at radius 1 is 0.976 bits per heavy atom. The largest absolute Gasteiger partial charge is 0.497 e. The lowest BCUT2D eigenvalue weighted by atomic mass is 10.1. The maximum Gasteiger partial charge on any atom is 0.191 e. The molecule has 0 fully saturated rings. The molecule has 2 aromatic carbocycles. The Bertz CT molecular complexity index is 1510. The molecule has 0 saturated heterocycles. The van der Waals surface area contributed by atoms with E-state index in [-0.39, 0.29) is 17.4 Å². The average Bonchev–Trinajstić information content (AvgIpc) is 3.43. The fourth-order valence-corrected chi connectivity index (χ4v) is 5.39. The van der Waals surface area contributed by atoms with Gasteiger partial charge in [-0.05, 0) is 42.8 Å². The first-order valence-electron chi connectivity index (χ1n) is 14.4. The van der Waals surface area contributed by atoms with Crippen LogP contribution in [0.5, 0.6) is 11.5 Å². The highest BCUT2D eigenvalue weighted by atomic mass is 28.4. The number of anilines is 2. The first kappa shape index (κ1) is 31.2. The van der Waals surface area contributed by atoms with Crippen LogP contribution in [0.25, 0.3) is 22.3 Å². The van der Waals surface area contributed by atoms with Gasteiger partial charge >= 0.3 is 0 Å². The Labute approximate surface area is 250 Å². The average molecular weight is 590 g/mol. The number of carbonyl (C=O) groups excluding carboxylic acids is 1. The number of ether oxygens (including phenoxy) is 2. The highest BCUT2D eigenvalue weighted by molar-refractivity contribution is 6.74. The third kappa shape index (κ3) is 7.35. The molecule has 0 N–H and O–H groups in total. The van der Waals surface area contributed by atoms with E-state index >= 15 is 0 Å². The molecule has 2 heterocycles. The van der Waals surface area contributed by atoms with Gasteiger partial charge in [0.15, 0.2) is 14.1 Å². The Morgan fingerprint density at radius 2 is 1.69 bits per heavy atom. The molecule has 0 atom stereocenters. The SMILES string of the molecule is CCC(=O)Cn1cc(-c2cnc3ccc(N(CCCO[Si](C)(C)C(C)(C)C)c4cc(OC)cc(OC)c4)cc3n2)cn1. The molecule has 42 heavy (non-hydrogen) atoms. The van der Waals surface area contributed by atoms with Gasteiger partial charge in [-0.2, -0.15) is 5.10 Å². The monoisotopic (exact) mass is 589 g/mol. The van der Waals surface area contributed by atoms with E-state index < -0.39 is 8.32 Å². The van der Waals surface area contributed by atoms with E-state index in [1.807, 2.05) is 37.4 Å². The van der Waals surface area contributed by atoms with Crippen LogP contribution in [0.3, 0.4) is 0 Å². The third-order valence-electron chi connectivity index (χ3n) is 7.94. The van der Waals surface area contributed by atoms with Crippen LogP contribution in [0.4, 0.5) is 11.4 Å². The molecule has 0 bridgehead atoms. The van der Waals surface area contributed by atoms with Crippen molar-refractivity contribution in [2.75, 3.05) is 32.3 Å². The molecule has 0 aliphatic heterocycles. The number of hydrogen-bond acceptors (Lipinski definition) is 8. The van der Waals surface area contributed by atoms with Gasteiger partial charge in [0.25, 0.3) is 0 Å². The number of aromatic nitrogens is 4. The van der Waals surface area contributed by atoms with E-state index in [2.05, 4.69) is 61.0 Å². The number of carbonyl (C=O) groups is 1. The lowest BCUT2D eigenvalue weighted by Gasteiger charge is -2.36. The van der Waals surface area contributed by atoms with Crippen LogP contribution in [-0.2, 0) is 15.8 Å². The summed E-state index contributed by atoms with van der Waals surface area (Å²) in [4.78, 5) is 23.7. The van der Waals surface area contributed by atoms with Gasteiger partial charge in [-0.15, -0.1) is 0 Å². The minimum Gasteiger partial charge on any atom is -0.497 e. The van der Waals surface area contributed by atoms with Crippen molar-refractivity contribution in [2.45, 2.75) is 65.2 Å². The predicted octanol–water partition coefficient (Wildman–Crippen LogP) is 7.04. The quantitative estimate of drug-likeness (QED) is 0.121. The normalized spacial score (nSPS) is 12.0. The van der Waals surface area contributed by atoms with E-state index in [1.54, 1.807) is 31.3 Å². The van der Waals surface area contributed by atoms with Gasteiger partial charge in [0.1, 0.15) is 11.5 Å². The fraction of sp³-hybridized carbons (Fsp3) is 0.438. The Balaban J connectivity index is 1.66. The zero-order valence-corrected chi connectivity index (χ0v) is 27.1. The first-order valence-corrected chi connectivity index (χ1v) is 17.3. The van der Waals surface area contributed by atoms with E-state index in [9.17, 15) is 4.79 Å². The first-order chi connectivity index (χ1) is 19.9. The molecule has 0 aliphatic carbocycles. The highest BCUT2D eigenvalue weighted by Crippen LogP contribution is 2.37. The number of benzene rings is 2. The number of methoxy groups -OCH3 is 2. The van der Waals surface area contributed by atoms with Gasteiger partial charge in [-0.1, -0.05) is 27.7 Å². The van der Waals surface area contributed by atoms with Crippen molar-refractivity contribution in [1.82, 2.24) is 19.7 Å². The second-order valence-corrected chi connectivity index (χ2v) is 16.7. The molecule has 4 rings (SSSR count). The number of Topliss-reactive ketones (excluding diaryl/α,β-unsaturated/α-hetero) is 1. The highest BCUT2D eigenvalue weighted by Gasteiger charge is 2.36. The summed E-state index contributed by atoms with van der Waals surface area (Å²) in [5.74, 6) is 1.56. The lowest BCUT2D eigenvalue weighted by molar-refractivity contribution is -0.119. The molecule has 10 heteroatoms. The van der Waals surface area contributed by atoms with Crippen LogP contribution in [-0.4, -0.2) is 61.2 Å². The van der Waals surface area contributed by atoms with Gasteiger partial charge < -0.3 is 18.8 Å². The smallest absolute Gasteiger partial charge is 0.191 e. The second kappa shape index (κ2) is 13.0. The molecular formula is C32H43N5O4Si. The summed E-state index contributed by atoms with van der Waals surface area (Å²) in [6, 6.07) is 12.0. The minimum atomic E-state index is -1.85.